The van der Waals surface area contributed by atoms with Gasteiger partial charge in [-0.2, -0.15) is 0 Å². The molecule has 4 rings (SSSR count). The lowest BCUT2D eigenvalue weighted by atomic mass is 10.0. The Labute approximate surface area is 196 Å². The van der Waals surface area contributed by atoms with E-state index in [1.54, 1.807) is 16.7 Å². The highest BCUT2D eigenvalue weighted by atomic mass is 32.2. The Balaban J connectivity index is 1.31. The van der Waals surface area contributed by atoms with Crippen LogP contribution in [0.25, 0.3) is 0 Å². The van der Waals surface area contributed by atoms with Crippen molar-refractivity contribution >= 4 is 35.3 Å². The van der Waals surface area contributed by atoms with Crippen LogP contribution in [0, 0.1) is 0 Å². The standard InChI is InChI=1S/C24H26N4O4S/c1-15(2)16-4-8-19(9-5-16)31-14-21(29)25-24-27-26-23(32-24)17-12-22(30)28(13-17)18-6-10-20(33-3)11-7-18/h4-11,15,17H,12-14H2,1-3H3,(H,25,27,29)/t17-/m0/s1. The summed E-state index contributed by atoms with van der Waals surface area (Å²) in [4.78, 5) is 27.6. The summed E-state index contributed by atoms with van der Waals surface area (Å²) in [5.41, 5.74) is 2.04. The number of nitrogens with zero attached hydrogens (tertiary/aromatic N) is 3. The Morgan fingerprint density at radius 1 is 1.18 bits per heavy atom. The van der Waals surface area contributed by atoms with Crippen molar-refractivity contribution in [2.45, 2.75) is 37.0 Å². The van der Waals surface area contributed by atoms with E-state index in [4.69, 9.17) is 9.15 Å². The van der Waals surface area contributed by atoms with E-state index in [1.165, 1.54) is 5.56 Å². The van der Waals surface area contributed by atoms with Gasteiger partial charge in [-0.1, -0.05) is 31.1 Å². The van der Waals surface area contributed by atoms with Crippen LogP contribution in [0.3, 0.4) is 0 Å². The normalized spacial score (nSPS) is 15.8. The molecular formula is C24H26N4O4S. The lowest BCUT2D eigenvalue weighted by Gasteiger charge is -2.16. The molecule has 0 unspecified atom stereocenters. The molecular weight excluding hydrogens is 440 g/mol. The molecule has 0 radical (unpaired) electrons. The van der Waals surface area contributed by atoms with Gasteiger partial charge in [-0.3, -0.25) is 14.9 Å². The number of aromatic nitrogens is 2. The van der Waals surface area contributed by atoms with Gasteiger partial charge < -0.3 is 14.1 Å². The highest BCUT2D eigenvalue weighted by molar-refractivity contribution is 7.98. The number of hydrogen-bond donors (Lipinski definition) is 1. The molecule has 0 spiro atoms. The van der Waals surface area contributed by atoms with Crippen LogP contribution in [0.2, 0.25) is 0 Å². The van der Waals surface area contributed by atoms with Gasteiger partial charge in [0.1, 0.15) is 5.75 Å². The molecule has 8 nitrogen and oxygen atoms in total. The predicted octanol–water partition coefficient (Wildman–Crippen LogP) is 4.45. The maximum Gasteiger partial charge on any atom is 0.322 e. The molecule has 0 aliphatic carbocycles. The fourth-order valence-electron chi connectivity index (χ4n) is 3.59. The summed E-state index contributed by atoms with van der Waals surface area (Å²) in [5, 5.41) is 10.5. The minimum atomic E-state index is -0.406. The van der Waals surface area contributed by atoms with E-state index in [-0.39, 0.29) is 30.9 Å². The second-order valence-corrected chi connectivity index (χ2v) is 8.99. The van der Waals surface area contributed by atoms with Gasteiger partial charge in [-0.25, -0.2) is 0 Å². The van der Waals surface area contributed by atoms with Crippen molar-refractivity contribution in [3.63, 3.8) is 0 Å². The number of rotatable bonds is 8. The van der Waals surface area contributed by atoms with Gasteiger partial charge in [0.15, 0.2) is 6.61 Å². The highest BCUT2D eigenvalue weighted by Crippen LogP contribution is 2.32. The molecule has 9 heteroatoms. The molecule has 1 atom stereocenters. The van der Waals surface area contributed by atoms with Crippen molar-refractivity contribution < 1.29 is 18.7 Å². The van der Waals surface area contributed by atoms with E-state index < -0.39 is 5.91 Å². The zero-order valence-electron chi connectivity index (χ0n) is 18.8. The molecule has 0 saturated carbocycles. The number of nitrogens with one attached hydrogen (secondary N) is 1. The van der Waals surface area contributed by atoms with E-state index >= 15 is 0 Å². The summed E-state index contributed by atoms with van der Waals surface area (Å²) in [7, 11) is 0. The van der Waals surface area contributed by atoms with Crippen molar-refractivity contribution in [1.29, 1.82) is 0 Å². The first-order valence-corrected chi connectivity index (χ1v) is 12.0. The molecule has 1 fully saturated rings. The third-order valence-corrected chi connectivity index (χ3v) is 6.21. The zero-order valence-corrected chi connectivity index (χ0v) is 19.6. The van der Waals surface area contributed by atoms with Crippen molar-refractivity contribution in [3.05, 3.63) is 60.0 Å². The first-order valence-electron chi connectivity index (χ1n) is 10.7. The Kier molecular flexibility index (Phi) is 6.98. The molecule has 1 aliphatic rings. The Morgan fingerprint density at radius 2 is 1.91 bits per heavy atom. The number of hydrogen-bond acceptors (Lipinski definition) is 7. The number of benzene rings is 2. The maximum atomic E-state index is 12.5. The average Bonchev–Trinajstić information content (AvgIpc) is 3.44. The second kappa shape index (κ2) is 10.1. The minimum Gasteiger partial charge on any atom is -0.484 e. The van der Waals surface area contributed by atoms with Gasteiger partial charge in [0.2, 0.25) is 11.8 Å². The van der Waals surface area contributed by atoms with E-state index in [0.717, 1.165) is 10.6 Å². The van der Waals surface area contributed by atoms with Crippen LogP contribution in [-0.4, -0.2) is 41.4 Å². The molecule has 172 valence electrons. The van der Waals surface area contributed by atoms with Gasteiger partial charge in [-0.05, 0) is 54.1 Å². The second-order valence-electron chi connectivity index (χ2n) is 8.11. The Bertz CT molecular complexity index is 1110. The van der Waals surface area contributed by atoms with Crippen LogP contribution >= 0.6 is 11.8 Å². The third kappa shape index (κ3) is 5.54. The van der Waals surface area contributed by atoms with Crippen molar-refractivity contribution in [1.82, 2.24) is 10.2 Å². The first-order chi connectivity index (χ1) is 15.9. The maximum absolute atomic E-state index is 12.5. The fourth-order valence-corrected chi connectivity index (χ4v) is 4.00. The van der Waals surface area contributed by atoms with E-state index in [1.807, 2.05) is 54.8 Å². The van der Waals surface area contributed by atoms with Crippen LogP contribution in [0.1, 0.15) is 43.6 Å². The summed E-state index contributed by atoms with van der Waals surface area (Å²) in [6, 6.07) is 15.5. The smallest absolute Gasteiger partial charge is 0.322 e. The number of anilines is 2. The van der Waals surface area contributed by atoms with Gasteiger partial charge in [0.05, 0.1) is 5.92 Å². The van der Waals surface area contributed by atoms with Crippen LogP contribution in [0.15, 0.2) is 57.8 Å². The summed E-state index contributed by atoms with van der Waals surface area (Å²) in [6.07, 6.45) is 2.28. The number of thioether (sulfide) groups is 1. The lowest BCUT2D eigenvalue weighted by molar-refractivity contribution is -0.118. The number of amides is 2. The summed E-state index contributed by atoms with van der Waals surface area (Å²) < 4.78 is 11.1. The van der Waals surface area contributed by atoms with Crippen LogP contribution in [0.5, 0.6) is 5.75 Å². The predicted molar refractivity (Wildman–Crippen MR) is 127 cm³/mol. The fraction of sp³-hybridized carbons (Fsp3) is 0.333. The van der Waals surface area contributed by atoms with E-state index in [2.05, 4.69) is 29.4 Å². The molecule has 2 heterocycles. The Morgan fingerprint density at radius 3 is 2.58 bits per heavy atom. The van der Waals surface area contributed by atoms with E-state index in [9.17, 15) is 9.59 Å². The lowest BCUT2D eigenvalue weighted by Crippen LogP contribution is -2.24. The average molecular weight is 467 g/mol. The Hall–Kier alpha value is -3.33. The minimum absolute atomic E-state index is 0.00225. The molecule has 1 aliphatic heterocycles. The third-order valence-electron chi connectivity index (χ3n) is 5.46. The molecule has 2 amide bonds. The molecule has 1 N–H and O–H groups in total. The van der Waals surface area contributed by atoms with Gasteiger partial charge in [0, 0.05) is 23.5 Å². The molecule has 2 aromatic carbocycles. The van der Waals surface area contributed by atoms with Gasteiger partial charge in [-0.15, -0.1) is 16.9 Å². The topological polar surface area (TPSA) is 97.6 Å². The monoisotopic (exact) mass is 466 g/mol. The number of carbonyl (C=O) groups excluding carboxylic acids is 2. The molecule has 0 bridgehead atoms. The summed E-state index contributed by atoms with van der Waals surface area (Å²) in [6.45, 7) is 4.50. The first kappa shape index (κ1) is 22.8. The molecule has 3 aromatic rings. The summed E-state index contributed by atoms with van der Waals surface area (Å²) in [5.74, 6) is 0.723. The highest BCUT2D eigenvalue weighted by Gasteiger charge is 2.35. The van der Waals surface area contributed by atoms with Crippen LogP contribution in [0.4, 0.5) is 11.7 Å². The van der Waals surface area contributed by atoms with Crippen LogP contribution < -0.4 is 15.0 Å². The molecule has 1 saturated heterocycles. The zero-order chi connectivity index (χ0) is 23.4. The van der Waals surface area contributed by atoms with Crippen molar-refractivity contribution in [2.24, 2.45) is 0 Å². The molecule has 1 aromatic heterocycles. The van der Waals surface area contributed by atoms with Gasteiger partial charge in [0.25, 0.3) is 5.91 Å². The van der Waals surface area contributed by atoms with Crippen molar-refractivity contribution in [2.75, 3.05) is 29.6 Å². The van der Waals surface area contributed by atoms with Crippen LogP contribution in [-0.2, 0) is 9.59 Å². The number of carbonyl (C=O) groups is 2. The largest absolute Gasteiger partial charge is 0.484 e. The summed E-state index contributed by atoms with van der Waals surface area (Å²) >= 11 is 1.65. The van der Waals surface area contributed by atoms with Crippen molar-refractivity contribution in [3.8, 4) is 5.75 Å². The van der Waals surface area contributed by atoms with E-state index in [0.29, 0.717) is 24.1 Å². The number of ether oxygens (including phenoxy) is 1. The quantitative estimate of drug-likeness (QED) is 0.490. The van der Waals surface area contributed by atoms with Gasteiger partial charge >= 0.3 is 6.01 Å². The SMILES string of the molecule is CSc1ccc(N2C[C@@H](c3nnc(NC(=O)COc4ccc(C(C)C)cc4)o3)CC2=O)cc1. The molecule has 33 heavy (non-hydrogen) atoms.